The van der Waals surface area contributed by atoms with Crippen molar-refractivity contribution < 1.29 is 13.2 Å². The molecular weight excluding hydrogens is 382 g/mol. The fraction of sp³-hybridized carbons (Fsp3) is 0.421. The zero-order chi connectivity index (χ0) is 19.2. The molecule has 0 bridgehead atoms. The van der Waals surface area contributed by atoms with Crippen molar-refractivity contribution in [1.29, 1.82) is 0 Å². The molecule has 0 atom stereocenters. The van der Waals surface area contributed by atoms with E-state index in [9.17, 15) is 13.2 Å². The summed E-state index contributed by atoms with van der Waals surface area (Å²) in [5, 5.41) is 4.82. The molecule has 1 aromatic heterocycles. The lowest BCUT2D eigenvalue weighted by Crippen LogP contribution is -2.61. The first-order valence-electron chi connectivity index (χ1n) is 9.02. The second-order valence-electron chi connectivity index (χ2n) is 7.23. The lowest BCUT2D eigenvalue weighted by atomic mass is 10.0. The van der Waals surface area contributed by atoms with Crippen LogP contribution in [0.15, 0.2) is 34.5 Å². The molecule has 2 aromatic rings. The second-order valence-corrected chi connectivity index (χ2v) is 10.1. The Labute approximate surface area is 163 Å². The van der Waals surface area contributed by atoms with E-state index in [0.717, 1.165) is 19.5 Å². The van der Waals surface area contributed by atoms with Crippen LogP contribution in [0, 0.1) is 6.92 Å². The maximum atomic E-state index is 13.0. The van der Waals surface area contributed by atoms with Gasteiger partial charge in [0.1, 0.15) is 0 Å². The number of hydrogen-bond acceptors (Lipinski definition) is 5. The summed E-state index contributed by atoms with van der Waals surface area (Å²) < 4.78 is 27.5. The number of carbonyl (C=O) groups excluding carboxylic acids is 1. The molecule has 1 N–H and O–H groups in total. The molecule has 1 saturated heterocycles. The molecule has 1 fully saturated rings. The number of fused-ring (bicyclic) bond motifs is 1. The molecular formula is C19H23N3O3S2. The zero-order valence-corrected chi connectivity index (χ0v) is 17.1. The molecule has 1 aromatic carbocycles. The highest BCUT2D eigenvalue weighted by atomic mass is 32.2. The van der Waals surface area contributed by atoms with Crippen LogP contribution in [0.1, 0.15) is 22.9 Å². The number of aryl methyl sites for hydroxylation is 1. The molecule has 0 spiro atoms. The van der Waals surface area contributed by atoms with Crippen LogP contribution in [0.4, 0.5) is 5.69 Å². The molecule has 0 radical (unpaired) electrons. The number of amides is 1. The lowest BCUT2D eigenvalue weighted by molar-refractivity contribution is -0.114. The number of nitrogens with zero attached hydrogens (tertiary/aromatic N) is 2. The van der Waals surface area contributed by atoms with Gasteiger partial charge in [-0.05, 0) is 54.1 Å². The van der Waals surface area contributed by atoms with Crippen molar-refractivity contribution in [3.05, 3.63) is 45.6 Å². The molecule has 2 aliphatic heterocycles. The van der Waals surface area contributed by atoms with Crippen molar-refractivity contribution in [3.63, 3.8) is 0 Å². The lowest BCUT2D eigenvalue weighted by Gasteiger charge is -2.45. The van der Waals surface area contributed by atoms with E-state index < -0.39 is 10.0 Å². The number of benzene rings is 1. The van der Waals surface area contributed by atoms with Crippen molar-refractivity contribution >= 4 is 33.0 Å². The molecule has 144 valence electrons. The van der Waals surface area contributed by atoms with E-state index in [4.69, 9.17) is 0 Å². The predicted molar refractivity (Wildman–Crippen MR) is 106 cm³/mol. The van der Waals surface area contributed by atoms with Crippen LogP contribution >= 0.6 is 11.3 Å². The maximum absolute atomic E-state index is 13.0. The Kier molecular flexibility index (Phi) is 4.84. The highest BCUT2D eigenvalue weighted by Gasteiger charge is 2.40. The number of sulfonamides is 1. The van der Waals surface area contributed by atoms with Crippen LogP contribution in [-0.2, 0) is 27.8 Å². The topological polar surface area (TPSA) is 69.7 Å². The number of hydrogen-bond donors (Lipinski definition) is 1. The molecule has 2 aliphatic rings. The SMILES string of the molecule is CC(=O)Nc1ccc(S(=O)(=O)N2CC(N3CCc4sccc4C3)C2)c(C)c1. The highest BCUT2D eigenvalue weighted by Crippen LogP contribution is 2.31. The van der Waals surface area contributed by atoms with E-state index in [2.05, 4.69) is 21.7 Å². The smallest absolute Gasteiger partial charge is 0.243 e. The van der Waals surface area contributed by atoms with Crippen molar-refractivity contribution in [2.45, 2.75) is 37.8 Å². The first kappa shape index (κ1) is 18.6. The minimum atomic E-state index is -3.50. The van der Waals surface area contributed by atoms with Gasteiger partial charge in [0.25, 0.3) is 0 Å². The number of rotatable bonds is 4. The Morgan fingerprint density at radius 1 is 1.26 bits per heavy atom. The molecule has 8 heteroatoms. The first-order valence-corrected chi connectivity index (χ1v) is 11.3. The van der Waals surface area contributed by atoms with Crippen molar-refractivity contribution in [3.8, 4) is 0 Å². The van der Waals surface area contributed by atoms with E-state index in [0.29, 0.717) is 29.2 Å². The zero-order valence-electron chi connectivity index (χ0n) is 15.4. The summed E-state index contributed by atoms with van der Waals surface area (Å²) in [6.07, 6.45) is 1.06. The van der Waals surface area contributed by atoms with Gasteiger partial charge in [-0.25, -0.2) is 8.42 Å². The minimum Gasteiger partial charge on any atom is -0.326 e. The van der Waals surface area contributed by atoms with Gasteiger partial charge in [0.2, 0.25) is 15.9 Å². The average molecular weight is 406 g/mol. The molecule has 0 saturated carbocycles. The van der Waals surface area contributed by atoms with Crippen molar-refractivity contribution in [1.82, 2.24) is 9.21 Å². The second kappa shape index (κ2) is 7.01. The van der Waals surface area contributed by atoms with Gasteiger partial charge in [-0.2, -0.15) is 4.31 Å². The van der Waals surface area contributed by atoms with E-state index in [-0.39, 0.29) is 11.9 Å². The summed E-state index contributed by atoms with van der Waals surface area (Å²) in [7, 11) is -3.50. The summed E-state index contributed by atoms with van der Waals surface area (Å²) in [4.78, 5) is 15.3. The molecule has 3 heterocycles. The molecule has 0 aliphatic carbocycles. The Morgan fingerprint density at radius 3 is 2.74 bits per heavy atom. The summed E-state index contributed by atoms with van der Waals surface area (Å²) in [5.74, 6) is -0.175. The third-order valence-electron chi connectivity index (χ3n) is 5.30. The highest BCUT2D eigenvalue weighted by molar-refractivity contribution is 7.89. The molecule has 1 amide bonds. The van der Waals surface area contributed by atoms with E-state index >= 15 is 0 Å². The van der Waals surface area contributed by atoms with Crippen LogP contribution in [0.5, 0.6) is 0 Å². The van der Waals surface area contributed by atoms with Gasteiger partial charge in [0.05, 0.1) is 4.90 Å². The maximum Gasteiger partial charge on any atom is 0.243 e. The Balaban J connectivity index is 1.43. The number of carbonyl (C=O) groups is 1. The van der Waals surface area contributed by atoms with Gasteiger partial charge in [-0.1, -0.05) is 0 Å². The minimum absolute atomic E-state index is 0.175. The van der Waals surface area contributed by atoms with E-state index in [1.54, 1.807) is 29.4 Å². The van der Waals surface area contributed by atoms with Gasteiger partial charge in [0.15, 0.2) is 0 Å². The Hall–Kier alpha value is -1.74. The van der Waals surface area contributed by atoms with E-state index in [1.807, 2.05) is 11.3 Å². The van der Waals surface area contributed by atoms with Crippen LogP contribution in [0.3, 0.4) is 0 Å². The molecule has 6 nitrogen and oxygen atoms in total. The predicted octanol–water partition coefficient (Wildman–Crippen LogP) is 2.45. The monoisotopic (exact) mass is 405 g/mol. The summed E-state index contributed by atoms with van der Waals surface area (Å²) in [6.45, 7) is 6.18. The van der Waals surface area contributed by atoms with Crippen molar-refractivity contribution in [2.24, 2.45) is 0 Å². The normalized spacial score (nSPS) is 18.7. The van der Waals surface area contributed by atoms with Gasteiger partial charge < -0.3 is 5.32 Å². The third-order valence-corrected chi connectivity index (χ3v) is 8.31. The largest absolute Gasteiger partial charge is 0.326 e. The number of thiophene rings is 1. The van der Waals surface area contributed by atoms with Gasteiger partial charge >= 0.3 is 0 Å². The standard InChI is InChI=1S/C19H23N3O3S2/c1-13-9-16(20-14(2)23)3-4-19(13)27(24,25)22-11-17(12-22)21-7-5-18-15(10-21)6-8-26-18/h3-4,6,8-9,17H,5,7,10-12H2,1-2H3,(H,20,23). The van der Waals surface area contributed by atoms with Crippen LogP contribution in [0.25, 0.3) is 0 Å². The van der Waals surface area contributed by atoms with Crippen LogP contribution in [-0.4, -0.2) is 49.2 Å². The Bertz CT molecular complexity index is 978. The number of nitrogens with one attached hydrogen (secondary N) is 1. The fourth-order valence-electron chi connectivity index (χ4n) is 3.78. The van der Waals surface area contributed by atoms with Gasteiger partial charge in [-0.3, -0.25) is 9.69 Å². The van der Waals surface area contributed by atoms with E-state index in [1.165, 1.54) is 17.4 Å². The van der Waals surface area contributed by atoms with Gasteiger partial charge in [-0.15, -0.1) is 11.3 Å². The third kappa shape index (κ3) is 3.54. The summed E-state index contributed by atoms with van der Waals surface area (Å²) in [5.41, 5.74) is 2.64. The average Bonchev–Trinajstić information content (AvgIpc) is 3.00. The summed E-state index contributed by atoms with van der Waals surface area (Å²) >= 11 is 1.81. The molecule has 27 heavy (non-hydrogen) atoms. The summed E-state index contributed by atoms with van der Waals surface area (Å²) in [6, 6.07) is 7.39. The quantitative estimate of drug-likeness (QED) is 0.848. The number of anilines is 1. The molecule has 4 rings (SSSR count). The van der Waals surface area contributed by atoms with Gasteiger partial charge in [0, 0.05) is 49.7 Å². The van der Waals surface area contributed by atoms with Crippen molar-refractivity contribution in [2.75, 3.05) is 25.0 Å². The molecule has 0 unspecified atom stereocenters. The first-order chi connectivity index (χ1) is 12.8. The van der Waals surface area contributed by atoms with Crippen LogP contribution in [0.2, 0.25) is 0 Å². The van der Waals surface area contributed by atoms with Crippen LogP contribution < -0.4 is 5.32 Å². The Morgan fingerprint density at radius 2 is 2.04 bits per heavy atom. The fourth-order valence-corrected chi connectivity index (χ4v) is 6.40.